The van der Waals surface area contributed by atoms with Gasteiger partial charge in [-0.3, -0.25) is 4.90 Å². The molecule has 1 aliphatic heterocycles. The van der Waals surface area contributed by atoms with Crippen molar-refractivity contribution in [1.29, 1.82) is 0 Å². The van der Waals surface area contributed by atoms with Gasteiger partial charge in [-0.25, -0.2) is 0 Å². The Bertz CT molecular complexity index is 787. The van der Waals surface area contributed by atoms with Gasteiger partial charge in [0, 0.05) is 38.5 Å². The van der Waals surface area contributed by atoms with Crippen molar-refractivity contribution in [1.82, 2.24) is 10.2 Å². The fraction of sp³-hybridized carbons (Fsp3) is 0.630. The molecule has 1 saturated heterocycles. The molecule has 3 aliphatic rings. The normalized spacial score (nSPS) is 29.4. The summed E-state index contributed by atoms with van der Waals surface area (Å²) in [5, 5.41) is 24.7. The van der Waals surface area contributed by atoms with E-state index in [1.54, 1.807) is 0 Å². The first-order chi connectivity index (χ1) is 15.6. The van der Waals surface area contributed by atoms with Crippen LogP contribution in [0.5, 0.6) is 0 Å². The lowest BCUT2D eigenvalue weighted by molar-refractivity contribution is 0.0385. The average molecular weight is 441 g/mol. The number of benzene rings is 1. The Balaban J connectivity index is 1.19. The molecule has 0 spiro atoms. The van der Waals surface area contributed by atoms with Crippen molar-refractivity contribution in [3.05, 3.63) is 59.2 Å². The van der Waals surface area contributed by atoms with Crippen molar-refractivity contribution < 1.29 is 14.9 Å². The fourth-order valence-electron chi connectivity index (χ4n) is 5.63. The van der Waals surface area contributed by atoms with E-state index < -0.39 is 6.10 Å². The van der Waals surface area contributed by atoms with Crippen LogP contribution in [0.15, 0.2) is 48.1 Å². The summed E-state index contributed by atoms with van der Waals surface area (Å²) < 4.78 is 5.40. The number of hydrogen-bond acceptors (Lipinski definition) is 5. The number of nitrogens with zero attached hydrogens (tertiary/aromatic N) is 1. The third-order valence-corrected chi connectivity index (χ3v) is 7.36. The predicted molar refractivity (Wildman–Crippen MR) is 129 cm³/mol. The number of nitrogens with one attached hydrogen (secondary N) is 1. The van der Waals surface area contributed by atoms with Gasteiger partial charge < -0.3 is 20.3 Å². The standard InChI is InChI=1S/C27H40N2O3/c1-20-3-2-4-21(15-20)17-24(30)5-6-25-26-18-22(16-23(26)19-27(25)31)7-8-28-9-10-29-11-13-32-14-12-29/h2-6,15-16,23-28,30-31H,7-14,17-19H2,1H3/b6-5+/t23-,24-,25+,26-,27+/m0/s1. The number of hydrogen-bond donors (Lipinski definition) is 3. The van der Waals surface area contributed by atoms with Gasteiger partial charge in [0.1, 0.15) is 0 Å². The maximum absolute atomic E-state index is 10.6. The molecule has 2 aliphatic carbocycles. The van der Waals surface area contributed by atoms with Crippen molar-refractivity contribution in [2.75, 3.05) is 45.9 Å². The molecule has 0 aromatic heterocycles. The zero-order valence-corrected chi connectivity index (χ0v) is 19.5. The van der Waals surface area contributed by atoms with Crippen LogP contribution in [0.2, 0.25) is 0 Å². The minimum Gasteiger partial charge on any atom is -0.392 e. The Morgan fingerprint density at radius 2 is 2.09 bits per heavy atom. The SMILES string of the molecule is Cc1cccc(C[C@@H](O)/C=C/[C@@H]2[C@H]3CC(CCNCCN4CCOCC4)=C[C@H]3C[C@H]2O)c1. The molecule has 3 N–H and O–H groups in total. The van der Waals surface area contributed by atoms with E-state index >= 15 is 0 Å². The van der Waals surface area contributed by atoms with Gasteiger partial charge in [-0.15, -0.1) is 0 Å². The molecular formula is C27H40N2O3. The monoisotopic (exact) mass is 440 g/mol. The van der Waals surface area contributed by atoms with E-state index in [0.717, 1.165) is 70.8 Å². The summed E-state index contributed by atoms with van der Waals surface area (Å²) in [6.45, 7) is 9.04. The Morgan fingerprint density at radius 3 is 2.91 bits per heavy atom. The number of aliphatic hydroxyl groups excluding tert-OH is 2. The van der Waals surface area contributed by atoms with Crippen LogP contribution in [0, 0.1) is 24.7 Å². The summed E-state index contributed by atoms with van der Waals surface area (Å²) in [6, 6.07) is 8.30. The summed E-state index contributed by atoms with van der Waals surface area (Å²) in [7, 11) is 0. The van der Waals surface area contributed by atoms with E-state index in [2.05, 4.69) is 47.5 Å². The van der Waals surface area contributed by atoms with E-state index in [1.807, 2.05) is 12.1 Å². The summed E-state index contributed by atoms with van der Waals surface area (Å²) in [6.07, 6.45) is 9.26. The molecule has 5 heteroatoms. The Morgan fingerprint density at radius 1 is 1.25 bits per heavy atom. The molecule has 0 unspecified atom stereocenters. The average Bonchev–Trinajstić information content (AvgIpc) is 3.29. The number of rotatable bonds is 10. The Hall–Kier alpha value is -1.50. The van der Waals surface area contributed by atoms with Crippen molar-refractivity contribution >= 4 is 0 Å². The first-order valence-corrected chi connectivity index (χ1v) is 12.4. The largest absolute Gasteiger partial charge is 0.392 e. The van der Waals surface area contributed by atoms with Gasteiger partial charge in [0.25, 0.3) is 0 Å². The van der Waals surface area contributed by atoms with Crippen LogP contribution >= 0.6 is 0 Å². The van der Waals surface area contributed by atoms with Crippen LogP contribution in [0.25, 0.3) is 0 Å². The zero-order valence-electron chi connectivity index (χ0n) is 19.5. The molecule has 5 nitrogen and oxygen atoms in total. The molecule has 1 heterocycles. The molecule has 176 valence electrons. The smallest absolute Gasteiger partial charge is 0.0761 e. The number of morpholine rings is 1. The summed E-state index contributed by atoms with van der Waals surface area (Å²) in [4.78, 5) is 2.46. The highest BCUT2D eigenvalue weighted by Crippen LogP contribution is 2.47. The highest BCUT2D eigenvalue weighted by Gasteiger charge is 2.43. The second-order valence-corrected chi connectivity index (χ2v) is 9.84. The molecule has 1 aromatic carbocycles. The van der Waals surface area contributed by atoms with E-state index in [0.29, 0.717) is 18.3 Å². The van der Waals surface area contributed by atoms with Crippen LogP contribution in [0.4, 0.5) is 0 Å². The quantitative estimate of drug-likeness (QED) is 0.386. The Labute approximate surface area is 193 Å². The number of aliphatic hydroxyl groups is 2. The van der Waals surface area contributed by atoms with Gasteiger partial charge in [0.15, 0.2) is 0 Å². The number of aryl methyl sites for hydroxylation is 1. The van der Waals surface area contributed by atoms with Crippen LogP contribution < -0.4 is 5.32 Å². The minimum atomic E-state index is -0.507. The molecule has 0 bridgehead atoms. The molecule has 1 aromatic rings. The third kappa shape index (κ3) is 6.52. The lowest BCUT2D eigenvalue weighted by Gasteiger charge is -2.26. The second-order valence-electron chi connectivity index (χ2n) is 9.84. The summed E-state index contributed by atoms with van der Waals surface area (Å²) in [5.41, 5.74) is 3.90. The second kappa shape index (κ2) is 11.6. The third-order valence-electron chi connectivity index (χ3n) is 7.36. The van der Waals surface area contributed by atoms with E-state index in [9.17, 15) is 10.2 Å². The number of fused-ring (bicyclic) bond motifs is 1. The molecule has 0 amide bonds. The summed E-state index contributed by atoms with van der Waals surface area (Å²) >= 11 is 0. The van der Waals surface area contributed by atoms with Gasteiger partial charge in [-0.05, 0) is 50.1 Å². The molecule has 2 fully saturated rings. The van der Waals surface area contributed by atoms with Crippen molar-refractivity contribution in [2.24, 2.45) is 17.8 Å². The minimum absolute atomic E-state index is 0.148. The van der Waals surface area contributed by atoms with Gasteiger partial charge in [-0.2, -0.15) is 0 Å². The highest BCUT2D eigenvalue weighted by molar-refractivity contribution is 5.24. The van der Waals surface area contributed by atoms with E-state index in [4.69, 9.17) is 4.74 Å². The molecule has 1 saturated carbocycles. The lowest BCUT2D eigenvalue weighted by Crippen LogP contribution is -2.40. The lowest BCUT2D eigenvalue weighted by atomic mass is 9.88. The van der Waals surface area contributed by atoms with Gasteiger partial charge >= 0.3 is 0 Å². The topological polar surface area (TPSA) is 65.0 Å². The van der Waals surface area contributed by atoms with Crippen molar-refractivity contribution in [3.63, 3.8) is 0 Å². The maximum atomic E-state index is 10.6. The van der Waals surface area contributed by atoms with Gasteiger partial charge in [-0.1, -0.05) is 53.6 Å². The highest BCUT2D eigenvalue weighted by atomic mass is 16.5. The van der Waals surface area contributed by atoms with E-state index in [-0.39, 0.29) is 12.0 Å². The van der Waals surface area contributed by atoms with Crippen LogP contribution in [0.3, 0.4) is 0 Å². The van der Waals surface area contributed by atoms with Crippen molar-refractivity contribution in [2.45, 2.75) is 44.8 Å². The maximum Gasteiger partial charge on any atom is 0.0761 e. The first-order valence-electron chi connectivity index (χ1n) is 12.4. The van der Waals surface area contributed by atoms with Crippen LogP contribution in [-0.2, 0) is 11.2 Å². The number of ether oxygens (including phenoxy) is 1. The zero-order chi connectivity index (χ0) is 22.3. The number of allylic oxidation sites excluding steroid dienone is 1. The van der Waals surface area contributed by atoms with E-state index in [1.165, 1.54) is 11.1 Å². The van der Waals surface area contributed by atoms with Crippen LogP contribution in [-0.4, -0.2) is 73.3 Å². The van der Waals surface area contributed by atoms with Gasteiger partial charge in [0.05, 0.1) is 25.4 Å². The molecular weight excluding hydrogens is 400 g/mol. The first kappa shape index (κ1) is 23.7. The predicted octanol–water partition coefficient (Wildman–Crippen LogP) is 2.71. The fourth-order valence-corrected chi connectivity index (χ4v) is 5.63. The van der Waals surface area contributed by atoms with Gasteiger partial charge in [0.2, 0.25) is 0 Å². The molecule has 0 radical (unpaired) electrons. The molecule has 4 rings (SSSR count). The molecule has 5 atom stereocenters. The van der Waals surface area contributed by atoms with Crippen molar-refractivity contribution in [3.8, 4) is 0 Å². The Kier molecular flexibility index (Phi) is 8.55. The molecule has 32 heavy (non-hydrogen) atoms. The summed E-state index contributed by atoms with van der Waals surface area (Å²) in [5.74, 6) is 1.11. The van der Waals surface area contributed by atoms with Crippen LogP contribution in [0.1, 0.15) is 30.4 Å².